The van der Waals surface area contributed by atoms with Crippen LogP contribution in [0.5, 0.6) is 0 Å². The summed E-state index contributed by atoms with van der Waals surface area (Å²) in [7, 11) is 0. The van der Waals surface area contributed by atoms with Crippen LogP contribution in [-0.4, -0.2) is 21.8 Å². The van der Waals surface area contributed by atoms with E-state index in [-0.39, 0.29) is 17.7 Å². The molecule has 0 bridgehead atoms. The van der Waals surface area contributed by atoms with Crippen molar-refractivity contribution in [2.75, 3.05) is 0 Å². The number of rotatable bonds is 7. The summed E-state index contributed by atoms with van der Waals surface area (Å²) in [6, 6.07) is 14.0. The van der Waals surface area contributed by atoms with Crippen molar-refractivity contribution < 1.29 is 19.6 Å². The molecule has 124 valence electrons. The number of nitrogens with zero attached hydrogens (tertiary/aromatic N) is 1. The first kappa shape index (κ1) is 17.3. The number of aliphatic carboxylic acids is 1. The number of hydrogen-bond acceptors (Lipinski definition) is 5. The third-order valence-corrected chi connectivity index (χ3v) is 3.71. The van der Waals surface area contributed by atoms with Gasteiger partial charge in [-0.1, -0.05) is 42.5 Å². The Bertz CT molecular complexity index is 776. The van der Waals surface area contributed by atoms with Gasteiger partial charge in [0, 0.05) is 18.6 Å². The number of carboxylic acid groups (broad SMARTS) is 1. The maximum absolute atomic E-state index is 12.7. The molecule has 0 radical (unpaired) electrons. The summed E-state index contributed by atoms with van der Waals surface area (Å²) in [6.07, 6.45) is -0.715. The van der Waals surface area contributed by atoms with Crippen LogP contribution in [0.25, 0.3) is 0 Å². The van der Waals surface area contributed by atoms with Gasteiger partial charge in [-0.3, -0.25) is 19.7 Å². The highest BCUT2D eigenvalue weighted by Gasteiger charge is 2.38. The molecule has 7 heteroatoms. The molecule has 1 unspecified atom stereocenters. The molecule has 0 heterocycles. The average Bonchev–Trinajstić information content (AvgIpc) is 2.55. The fraction of sp³-hybridized carbons (Fsp3) is 0.176. The van der Waals surface area contributed by atoms with Crippen molar-refractivity contribution in [1.29, 1.82) is 0 Å². The average molecular weight is 328 g/mol. The summed E-state index contributed by atoms with van der Waals surface area (Å²) in [4.78, 5) is 34.2. The van der Waals surface area contributed by atoms with Crippen LogP contribution in [0.15, 0.2) is 54.6 Å². The molecule has 2 aromatic carbocycles. The Balaban J connectivity index is 2.42. The van der Waals surface area contributed by atoms with E-state index in [1.807, 2.05) is 0 Å². The zero-order valence-electron chi connectivity index (χ0n) is 12.7. The second-order valence-electron chi connectivity index (χ2n) is 5.43. The fourth-order valence-electron chi connectivity index (χ4n) is 2.44. The highest BCUT2D eigenvalue weighted by molar-refractivity contribution is 5.94. The molecule has 0 saturated heterocycles. The van der Waals surface area contributed by atoms with E-state index in [0.29, 0.717) is 5.56 Å². The molecule has 7 nitrogen and oxygen atoms in total. The number of benzene rings is 2. The van der Waals surface area contributed by atoms with Gasteiger partial charge in [0.1, 0.15) is 5.54 Å². The van der Waals surface area contributed by atoms with Crippen molar-refractivity contribution in [3.05, 3.63) is 75.8 Å². The van der Waals surface area contributed by atoms with Gasteiger partial charge in [-0.05, 0) is 11.1 Å². The van der Waals surface area contributed by atoms with E-state index in [4.69, 9.17) is 10.8 Å². The Morgan fingerprint density at radius 2 is 1.79 bits per heavy atom. The number of nitro groups is 1. The van der Waals surface area contributed by atoms with Gasteiger partial charge < -0.3 is 10.8 Å². The Morgan fingerprint density at radius 3 is 2.38 bits per heavy atom. The van der Waals surface area contributed by atoms with Crippen molar-refractivity contribution in [1.82, 2.24) is 0 Å². The van der Waals surface area contributed by atoms with Crippen LogP contribution in [0.2, 0.25) is 0 Å². The van der Waals surface area contributed by atoms with Gasteiger partial charge in [0.05, 0.1) is 11.3 Å². The second kappa shape index (κ2) is 7.01. The summed E-state index contributed by atoms with van der Waals surface area (Å²) in [5, 5.41) is 20.1. The third-order valence-electron chi connectivity index (χ3n) is 3.71. The zero-order valence-corrected chi connectivity index (χ0v) is 12.7. The number of carbonyl (C=O) groups is 2. The summed E-state index contributed by atoms with van der Waals surface area (Å²) >= 11 is 0. The maximum Gasteiger partial charge on any atom is 0.306 e. The number of nitro benzene ring substituents is 1. The highest BCUT2D eigenvalue weighted by atomic mass is 16.6. The second-order valence-corrected chi connectivity index (χ2v) is 5.43. The van der Waals surface area contributed by atoms with Crippen molar-refractivity contribution in [3.63, 3.8) is 0 Å². The molecule has 3 N–H and O–H groups in total. The van der Waals surface area contributed by atoms with E-state index in [1.165, 1.54) is 18.2 Å². The van der Waals surface area contributed by atoms with Gasteiger partial charge in [0.15, 0.2) is 5.78 Å². The molecule has 0 amide bonds. The quantitative estimate of drug-likeness (QED) is 0.592. The van der Waals surface area contributed by atoms with Gasteiger partial charge in [-0.25, -0.2) is 0 Å². The molecule has 0 saturated carbocycles. The lowest BCUT2D eigenvalue weighted by molar-refractivity contribution is -0.385. The van der Waals surface area contributed by atoms with Crippen molar-refractivity contribution in [2.24, 2.45) is 5.73 Å². The SMILES string of the molecule is NC(CC(=O)O)(C(=O)Cc1ccccc1)c1cccc([N+](=O)[O-])c1. The highest BCUT2D eigenvalue weighted by Crippen LogP contribution is 2.28. The predicted molar refractivity (Wildman–Crippen MR) is 86.4 cm³/mol. The Hall–Kier alpha value is -3.06. The number of hydrogen-bond donors (Lipinski definition) is 2. The Labute approximate surface area is 137 Å². The van der Waals surface area contributed by atoms with E-state index < -0.39 is 28.6 Å². The van der Waals surface area contributed by atoms with Crippen LogP contribution in [-0.2, 0) is 21.5 Å². The van der Waals surface area contributed by atoms with Gasteiger partial charge in [0.25, 0.3) is 5.69 Å². The topological polar surface area (TPSA) is 124 Å². The molecule has 1 atom stereocenters. The first-order valence-corrected chi connectivity index (χ1v) is 7.16. The van der Waals surface area contributed by atoms with E-state index in [9.17, 15) is 19.7 Å². The van der Waals surface area contributed by atoms with Crippen LogP contribution in [0.1, 0.15) is 17.5 Å². The van der Waals surface area contributed by atoms with Crippen LogP contribution in [0, 0.1) is 10.1 Å². The van der Waals surface area contributed by atoms with Crippen LogP contribution in [0.4, 0.5) is 5.69 Å². The molecule has 2 aromatic rings. The predicted octanol–water partition coefficient (Wildman–Crippen LogP) is 2.04. The summed E-state index contributed by atoms with van der Waals surface area (Å²) in [5.41, 5.74) is 4.84. The van der Waals surface area contributed by atoms with E-state index >= 15 is 0 Å². The molecular formula is C17H16N2O5. The van der Waals surface area contributed by atoms with E-state index in [0.717, 1.165) is 6.07 Å². The maximum atomic E-state index is 12.7. The number of ketones is 1. The standard InChI is InChI=1S/C17H16N2O5/c18-17(11-16(21)22,13-7-4-8-14(10-13)19(23)24)15(20)9-12-5-2-1-3-6-12/h1-8,10H,9,11,18H2,(H,21,22). The number of Topliss-reactive ketones (excluding diaryl/α,β-unsaturated/α-hetero) is 1. The van der Waals surface area contributed by atoms with Crippen molar-refractivity contribution >= 4 is 17.4 Å². The molecule has 0 aliphatic rings. The van der Waals surface area contributed by atoms with Gasteiger partial charge in [-0.2, -0.15) is 0 Å². The molecule has 24 heavy (non-hydrogen) atoms. The first-order chi connectivity index (χ1) is 11.3. The smallest absolute Gasteiger partial charge is 0.306 e. The summed E-state index contributed by atoms with van der Waals surface area (Å²) in [6.45, 7) is 0. The minimum atomic E-state index is -1.84. The van der Waals surface area contributed by atoms with Crippen LogP contribution in [0.3, 0.4) is 0 Å². The molecule has 2 rings (SSSR count). The van der Waals surface area contributed by atoms with Crippen LogP contribution >= 0.6 is 0 Å². The molecular weight excluding hydrogens is 312 g/mol. The summed E-state index contributed by atoms with van der Waals surface area (Å²) in [5.74, 6) is -1.78. The largest absolute Gasteiger partial charge is 0.481 e. The van der Waals surface area contributed by atoms with Crippen LogP contribution < -0.4 is 5.73 Å². The van der Waals surface area contributed by atoms with Crippen molar-refractivity contribution in [2.45, 2.75) is 18.4 Å². The number of nitrogens with two attached hydrogens (primary N) is 1. The molecule has 0 spiro atoms. The van der Waals surface area contributed by atoms with E-state index in [2.05, 4.69) is 0 Å². The number of non-ortho nitro benzene ring substituents is 1. The first-order valence-electron chi connectivity index (χ1n) is 7.16. The number of carboxylic acids is 1. The Kier molecular flexibility index (Phi) is 5.05. The third kappa shape index (κ3) is 3.82. The lowest BCUT2D eigenvalue weighted by Gasteiger charge is -2.27. The monoisotopic (exact) mass is 328 g/mol. The van der Waals surface area contributed by atoms with E-state index in [1.54, 1.807) is 30.3 Å². The van der Waals surface area contributed by atoms with Crippen molar-refractivity contribution in [3.8, 4) is 0 Å². The normalized spacial score (nSPS) is 13.0. The lowest BCUT2D eigenvalue weighted by atomic mass is 9.81. The van der Waals surface area contributed by atoms with Gasteiger partial charge in [-0.15, -0.1) is 0 Å². The van der Waals surface area contributed by atoms with Gasteiger partial charge in [0.2, 0.25) is 0 Å². The minimum Gasteiger partial charge on any atom is -0.481 e. The fourth-order valence-corrected chi connectivity index (χ4v) is 2.44. The molecule has 0 aromatic heterocycles. The molecule has 0 aliphatic carbocycles. The molecule has 0 fully saturated rings. The number of carbonyl (C=O) groups excluding carboxylic acids is 1. The zero-order chi connectivity index (χ0) is 17.7. The molecule has 0 aliphatic heterocycles. The lowest BCUT2D eigenvalue weighted by Crippen LogP contribution is -2.47. The minimum absolute atomic E-state index is 0.0622. The Morgan fingerprint density at radius 1 is 1.12 bits per heavy atom. The summed E-state index contributed by atoms with van der Waals surface area (Å²) < 4.78 is 0. The van der Waals surface area contributed by atoms with Gasteiger partial charge >= 0.3 is 5.97 Å².